The minimum Gasteiger partial charge on any atom is -0.390 e. The second-order valence-corrected chi connectivity index (χ2v) is 8.48. The van der Waals surface area contributed by atoms with Gasteiger partial charge >= 0.3 is 31.3 Å². The average molecular weight is 465 g/mol. The number of halogens is 6. The summed E-state index contributed by atoms with van der Waals surface area (Å²) in [6, 6.07) is 0. The molecule has 0 aliphatic heterocycles. The van der Waals surface area contributed by atoms with Crippen LogP contribution >= 0.6 is 11.8 Å². The number of anilines is 1. The number of nitrogens with two attached hydrogens (primary N) is 1. The Bertz CT molecular complexity index is 832. The van der Waals surface area contributed by atoms with E-state index < -0.39 is 53.9 Å². The van der Waals surface area contributed by atoms with Crippen LogP contribution in [0.25, 0.3) is 0 Å². The van der Waals surface area contributed by atoms with Gasteiger partial charge in [-0.3, -0.25) is 0 Å². The van der Waals surface area contributed by atoms with Gasteiger partial charge in [0.15, 0.2) is 10.8 Å². The van der Waals surface area contributed by atoms with Crippen molar-refractivity contribution in [2.75, 3.05) is 11.5 Å². The number of hydrogen-bond donors (Lipinski definition) is 1. The smallest absolute Gasteiger partial charge is 0.390 e. The lowest BCUT2D eigenvalue weighted by molar-refractivity contribution is -0.0503. The summed E-state index contributed by atoms with van der Waals surface area (Å²) in [5.74, 6) is -2.91. The molecule has 0 aliphatic carbocycles. The van der Waals surface area contributed by atoms with Crippen molar-refractivity contribution < 1.29 is 51.5 Å². The van der Waals surface area contributed by atoms with Crippen molar-refractivity contribution in [3.63, 3.8) is 0 Å². The summed E-state index contributed by atoms with van der Waals surface area (Å²) >= 11 is 0.635. The Balaban J connectivity index is 3.48. The van der Waals surface area contributed by atoms with Crippen LogP contribution in [0.2, 0.25) is 0 Å². The SMILES string of the molecule is CCCSc1nc(OS(=O)(=O)C(F)(F)F)c(N)c(OS(=O)(=O)C(F)(F)F)n1. The summed E-state index contributed by atoms with van der Waals surface area (Å²) in [4.78, 5) is 6.46. The molecule has 0 aliphatic rings. The fourth-order valence-corrected chi connectivity index (χ4v) is 2.64. The molecular weight excluding hydrogens is 456 g/mol. The zero-order valence-electron chi connectivity index (χ0n) is 12.8. The highest BCUT2D eigenvalue weighted by molar-refractivity contribution is 7.99. The lowest BCUT2D eigenvalue weighted by Crippen LogP contribution is -2.30. The van der Waals surface area contributed by atoms with Crippen molar-refractivity contribution in [2.45, 2.75) is 29.5 Å². The Morgan fingerprint density at radius 3 is 1.59 bits per heavy atom. The molecular formula is C9H9F6N3O6S3. The van der Waals surface area contributed by atoms with Crippen molar-refractivity contribution in [1.82, 2.24) is 9.97 Å². The summed E-state index contributed by atoms with van der Waals surface area (Å²) in [6.45, 7) is 1.64. The van der Waals surface area contributed by atoms with Gasteiger partial charge in [0.25, 0.3) is 11.8 Å². The van der Waals surface area contributed by atoms with Crippen LogP contribution in [0, 0.1) is 0 Å². The second-order valence-electron chi connectivity index (χ2n) is 4.35. The molecule has 9 nitrogen and oxygen atoms in total. The molecule has 18 heteroatoms. The van der Waals surface area contributed by atoms with Crippen LogP contribution in [-0.4, -0.2) is 43.6 Å². The number of rotatable bonds is 7. The van der Waals surface area contributed by atoms with E-state index in [2.05, 4.69) is 18.3 Å². The standard InChI is InChI=1S/C9H9F6N3O6S3/c1-2-3-25-7-17-5(23-26(19,20)8(10,11)12)4(16)6(18-7)24-27(21,22)9(13,14)15/h2-3,16H2,1H3. The van der Waals surface area contributed by atoms with Crippen LogP contribution < -0.4 is 14.1 Å². The summed E-state index contributed by atoms with van der Waals surface area (Å²) in [7, 11) is -12.6. The summed E-state index contributed by atoms with van der Waals surface area (Å²) in [6.07, 6.45) is 0.437. The third-order valence-corrected chi connectivity index (χ3v) is 5.18. The Labute approximate surface area is 152 Å². The molecule has 1 heterocycles. The number of alkyl halides is 6. The predicted octanol–water partition coefficient (Wildman–Crippen LogP) is 2.02. The van der Waals surface area contributed by atoms with Crippen molar-refractivity contribution in [1.29, 1.82) is 0 Å². The number of hydrogen-bond acceptors (Lipinski definition) is 10. The molecule has 0 fully saturated rings. The zero-order chi connectivity index (χ0) is 21.3. The van der Waals surface area contributed by atoms with Crippen LogP contribution in [0.15, 0.2) is 5.16 Å². The van der Waals surface area contributed by atoms with Crippen molar-refractivity contribution in [2.24, 2.45) is 0 Å². The van der Waals surface area contributed by atoms with Gasteiger partial charge in [-0.25, -0.2) is 0 Å². The predicted molar refractivity (Wildman–Crippen MR) is 78.7 cm³/mol. The third kappa shape index (κ3) is 5.64. The molecule has 1 rings (SSSR count). The zero-order valence-corrected chi connectivity index (χ0v) is 15.3. The topological polar surface area (TPSA) is 139 Å². The van der Waals surface area contributed by atoms with Gasteiger partial charge in [-0.1, -0.05) is 18.7 Å². The molecule has 0 spiro atoms. The molecule has 0 saturated heterocycles. The number of thioether (sulfide) groups is 1. The van der Waals surface area contributed by atoms with Crippen molar-refractivity contribution >= 4 is 37.7 Å². The molecule has 1 aromatic rings. The van der Waals surface area contributed by atoms with Crippen molar-refractivity contribution in [3.8, 4) is 11.8 Å². The fourth-order valence-electron chi connectivity index (χ4n) is 1.10. The van der Waals surface area contributed by atoms with E-state index in [1.807, 2.05) is 0 Å². The van der Waals surface area contributed by atoms with Crippen LogP contribution in [-0.2, 0) is 20.2 Å². The maximum absolute atomic E-state index is 12.4. The van der Waals surface area contributed by atoms with E-state index in [0.29, 0.717) is 18.2 Å². The molecule has 1 aromatic heterocycles. The van der Waals surface area contributed by atoms with Gasteiger partial charge in [0.05, 0.1) is 0 Å². The van der Waals surface area contributed by atoms with E-state index in [-0.39, 0.29) is 5.75 Å². The Kier molecular flexibility index (Phi) is 6.69. The van der Waals surface area contributed by atoms with Gasteiger partial charge in [0, 0.05) is 5.75 Å². The largest absolute Gasteiger partial charge is 0.534 e. The molecule has 0 saturated carbocycles. The minimum atomic E-state index is -6.31. The van der Waals surface area contributed by atoms with E-state index in [4.69, 9.17) is 5.73 Å². The van der Waals surface area contributed by atoms with Gasteiger partial charge < -0.3 is 14.1 Å². The first-order valence-corrected chi connectivity index (χ1v) is 10.1. The van der Waals surface area contributed by atoms with Crippen LogP contribution in [0.3, 0.4) is 0 Å². The molecule has 27 heavy (non-hydrogen) atoms. The highest BCUT2D eigenvalue weighted by atomic mass is 32.2. The molecule has 0 amide bonds. The quantitative estimate of drug-likeness (QED) is 0.209. The molecule has 0 atom stereocenters. The molecule has 2 N–H and O–H groups in total. The summed E-state index contributed by atoms with van der Waals surface area (Å²) < 4.78 is 126. The van der Waals surface area contributed by atoms with E-state index in [1.54, 1.807) is 6.92 Å². The first kappa shape index (κ1) is 23.3. The molecule has 0 unspecified atom stereocenters. The van der Waals surface area contributed by atoms with Crippen LogP contribution in [0.4, 0.5) is 32.0 Å². The molecule has 0 radical (unpaired) electrons. The Morgan fingerprint density at radius 1 is 0.926 bits per heavy atom. The first-order chi connectivity index (χ1) is 12.0. The van der Waals surface area contributed by atoms with Gasteiger partial charge in [0.1, 0.15) is 0 Å². The monoisotopic (exact) mass is 465 g/mol. The van der Waals surface area contributed by atoms with Gasteiger partial charge in [0.2, 0.25) is 0 Å². The van der Waals surface area contributed by atoms with E-state index in [0.717, 1.165) is 0 Å². The van der Waals surface area contributed by atoms with E-state index in [9.17, 15) is 43.2 Å². The summed E-state index contributed by atoms with van der Waals surface area (Å²) in [5, 5.41) is -0.634. The maximum Gasteiger partial charge on any atom is 0.534 e. The van der Waals surface area contributed by atoms with Gasteiger partial charge in [-0.15, -0.1) is 0 Å². The minimum absolute atomic E-state index is 0.181. The van der Waals surface area contributed by atoms with Crippen LogP contribution in [0.1, 0.15) is 13.3 Å². The fraction of sp³-hybridized carbons (Fsp3) is 0.556. The number of aromatic nitrogens is 2. The highest BCUT2D eigenvalue weighted by Crippen LogP contribution is 2.37. The second kappa shape index (κ2) is 7.74. The Hall–Kier alpha value is -1.69. The summed E-state index contributed by atoms with van der Waals surface area (Å²) in [5.41, 5.74) is -8.11. The lowest BCUT2D eigenvalue weighted by Gasteiger charge is -2.14. The van der Waals surface area contributed by atoms with E-state index >= 15 is 0 Å². The normalized spacial score (nSPS) is 13.4. The maximum atomic E-state index is 12.4. The van der Waals surface area contributed by atoms with Gasteiger partial charge in [-0.2, -0.15) is 53.1 Å². The van der Waals surface area contributed by atoms with E-state index in [1.165, 1.54) is 0 Å². The highest BCUT2D eigenvalue weighted by Gasteiger charge is 2.51. The average Bonchev–Trinajstić information content (AvgIpc) is 2.46. The molecule has 0 aromatic carbocycles. The number of nitrogens with zero attached hydrogens (tertiary/aromatic N) is 2. The van der Waals surface area contributed by atoms with Crippen LogP contribution in [0.5, 0.6) is 11.8 Å². The number of nitrogen functional groups attached to an aromatic ring is 1. The first-order valence-electron chi connectivity index (χ1n) is 6.33. The molecule has 0 bridgehead atoms. The third-order valence-electron chi connectivity index (χ3n) is 2.23. The van der Waals surface area contributed by atoms with Gasteiger partial charge in [-0.05, 0) is 6.42 Å². The Morgan fingerprint density at radius 2 is 1.30 bits per heavy atom. The van der Waals surface area contributed by atoms with Crippen molar-refractivity contribution in [3.05, 3.63) is 0 Å². The lowest BCUT2D eigenvalue weighted by atomic mass is 10.5. The molecule has 156 valence electrons.